The molecule has 6 nitrogen and oxygen atoms in total. The van der Waals surface area contributed by atoms with E-state index >= 15 is 0 Å². The molecule has 0 radical (unpaired) electrons. The van der Waals surface area contributed by atoms with Crippen molar-refractivity contribution in [1.29, 1.82) is 0 Å². The average molecular weight is 496 g/mol. The lowest BCUT2D eigenvalue weighted by Crippen LogP contribution is -2.35. The topological polar surface area (TPSA) is 90.5 Å². The third kappa shape index (κ3) is 9.07. The van der Waals surface area contributed by atoms with E-state index in [1.165, 1.54) is 5.56 Å². The van der Waals surface area contributed by atoms with Gasteiger partial charge in [0.25, 0.3) is 11.8 Å². The van der Waals surface area contributed by atoms with Crippen molar-refractivity contribution < 1.29 is 14.7 Å². The van der Waals surface area contributed by atoms with Crippen LogP contribution in [0.5, 0.6) is 0 Å². The van der Waals surface area contributed by atoms with Crippen molar-refractivity contribution in [1.82, 2.24) is 16.0 Å². The minimum Gasteiger partial charge on any atom is -0.387 e. The Bertz CT molecular complexity index is 1000. The molecule has 36 heavy (non-hydrogen) atoms. The second-order valence-electron chi connectivity index (χ2n) is 10.6. The molecule has 6 heteroatoms. The van der Waals surface area contributed by atoms with Crippen molar-refractivity contribution in [2.75, 3.05) is 6.54 Å². The molecular weight excluding hydrogens is 450 g/mol. The van der Waals surface area contributed by atoms with Crippen LogP contribution in [0, 0.1) is 0 Å². The number of carbonyl (C=O) groups excluding carboxylic acids is 2. The van der Waals surface area contributed by atoms with Gasteiger partial charge in [-0.3, -0.25) is 9.59 Å². The lowest BCUT2D eigenvalue weighted by molar-refractivity contribution is 0.0908. The van der Waals surface area contributed by atoms with Crippen LogP contribution in [0.15, 0.2) is 42.5 Å². The van der Waals surface area contributed by atoms with Gasteiger partial charge in [0.05, 0.1) is 17.2 Å². The summed E-state index contributed by atoms with van der Waals surface area (Å²) in [6.07, 6.45) is 2.12. The molecule has 4 N–H and O–H groups in total. The van der Waals surface area contributed by atoms with Crippen LogP contribution in [0.4, 0.5) is 0 Å². The van der Waals surface area contributed by atoms with Crippen LogP contribution >= 0.6 is 0 Å². The van der Waals surface area contributed by atoms with Crippen LogP contribution in [0.25, 0.3) is 0 Å². The fourth-order valence-corrected chi connectivity index (χ4v) is 4.29. The van der Waals surface area contributed by atoms with Gasteiger partial charge in [-0.2, -0.15) is 0 Å². The van der Waals surface area contributed by atoms with Gasteiger partial charge in [0.15, 0.2) is 0 Å². The molecule has 2 atom stereocenters. The summed E-state index contributed by atoms with van der Waals surface area (Å²) in [5.41, 5.74) is 4.01. The Balaban J connectivity index is 1.97. The van der Waals surface area contributed by atoms with Gasteiger partial charge < -0.3 is 21.1 Å². The van der Waals surface area contributed by atoms with E-state index in [1.54, 1.807) is 6.07 Å². The summed E-state index contributed by atoms with van der Waals surface area (Å²) in [4.78, 5) is 25.5. The average Bonchev–Trinajstić information content (AvgIpc) is 2.81. The van der Waals surface area contributed by atoms with E-state index in [0.717, 1.165) is 30.4 Å². The molecule has 2 unspecified atom stereocenters. The van der Waals surface area contributed by atoms with Crippen molar-refractivity contribution in [2.24, 2.45) is 0 Å². The predicted molar refractivity (Wildman–Crippen MR) is 148 cm³/mol. The fourth-order valence-electron chi connectivity index (χ4n) is 4.29. The largest absolute Gasteiger partial charge is 0.387 e. The Kier molecular flexibility index (Phi) is 11.6. The van der Waals surface area contributed by atoms with E-state index in [-0.39, 0.29) is 29.9 Å². The monoisotopic (exact) mass is 495 g/mol. The lowest BCUT2D eigenvalue weighted by Gasteiger charge is -2.21. The van der Waals surface area contributed by atoms with Crippen LogP contribution in [-0.2, 0) is 6.42 Å². The number of aryl methyl sites for hydroxylation is 1. The highest BCUT2D eigenvalue weighted by atomic mass is 16.3. The predicted octanol–water partition coefficient (Wildman–Crippen LogP) is 5.12. The second-order valence-corrected chi connectivity index (χ2v) is 10.6. The maximum Gasteiger partial charge on any atom is 0.252 e. The molecule has 0 fully saturated rings. The number of benzene rings is 2. The number of hydrogen-bond donors (Lipinski definition) is 4. The molecule has 2 amide bonds. The normalized spacial score (nSPS) is 13.2. The molecule has 0 aliphatic carbocycles. The number of amides is 2. The number of carbonyl (C=O) groups is 2. The highest BCUT2D eigenvalue weighted by molar-refractivity contribution is 6.07. The first-order chi connectivity index (χ1) is 17.0. The molecule has 0 spiro atoms. The van der Waals surface area contributed by atoms with Crippen molar-refractivity contribution in [3.05, 3.63) is 70.3 Å². The van der Waals surface area contributed by atoms with Crippen LogP contribution in [0.1, 0.15) is 111 Å². The highest BCUT2D eigenvalue weighted by Crippen LogP contribution is 2.24. The number of nitrogens with one attached hydrogen (secondary N) is 3. The van der Waals surface area contributed by atoms with Crippen molar-refractivity contribution >= 4 is 11.8 Å². The van der Waals surface area contributed by atoms with E-state index in [0.29, 0.717) is 23.6 Å². The van der Waals surface area contributed by atoms with Gasteiger partial charge in [-0.05, 0) is 88.6 Å². The molecule has 198 valence electrons. The summed E-state index contributed by atoms with van der Waals surface area (Å²) >= 11 is 0. The Hall–Kier alpha value is -2.70. The minimum atomic E-state index is -0.544. The van der Waals surface area contributed by atoms with Crippen LogP contribution in [-0.4, -0.2) is 41.6 Å². The molecule has 0 saturated carbocycles. The first-order valence-electron chi connectivity index (χ1n) is 13.2. The molecule has 0 heterocycles. The third-order valence-electron chi connectivity index (χ3n) is 6.15. The zero-order valence-corrected chi connectivity index (χ0v) is 23.0. The van der Waals surface area contributed by atoms with Crippen molar-refractivity contribution in [2.45, 2.75) is 97.9 Å². The van der Waals surface area contributed by atoms with Gasteiger partial charge in [0.1, 0.15) is 0 Å². The minimum absolute atomic E-state index is 0.00968. The van der Waals surface area contributed by atoms with E-state index < -0.39 is 6.10 Å². The van der Waals surface area contributed by atoms with Gasteiger partial charge in [-0.1, -0.05) is 44.2 Å². The maximum absolute atomic E-state index is 12.8. The van der Waals surface area contributed by atoms with Crippen molar-refractivity contribution in [3.8, 4) is 0 Å². The van der Waals surface area contributed by atoms with Gasteiger partial charge in [0, 0.05) is 24.7 Å². The van der Waals surface area contributed by atoms with E-state index in [1.807, 2.05) is 58.0 Å². The third-order valence-corrected chi connectivity index (χ3v) is 6.15. The van der Waals surface area contributed by atoms with Gasteiger partial charge >= 0.3 is 0 Å². The van der Waals surface area contributed by atoms with E-state index in [9.17, 15) is 14.7 Å². The summed E-state index contributed by atoms with van der Waals surface area (Å²) in [6, 6.07) is 13.8. The summed E-state index contributed by atoms with van der Waals surface area (Å²) in [6.45, 7) is 14.5. The summed E-state index contributed by atoms with van der Waals surface area (Å²) in [5, 5.41) is 20.0. The molecule has 2 rings (SSSR count). The highest BCUT2D eigenvalue weighted by Gasteiger charge is 2.19. The molecule has 0 saturated heterocycles. The number of hydrogen-bond acceptors (Lipinski definition) is 4. The smallest absolute Gasteiger partial charge is 0.252 e. The maximum atomic E-state index is 12.8. The Morgan fingerprint density at radius 1 is 0.806 bits per heavy atom. The zero-order chi connectivity index (χ0) is 26.8. The Labute approximate surface area is 217 Å². The van der Waals surface area contributed by atoms with Gasteiger partial charge in [-0.15, -0.1) is 0 Å². The first-order valence-corrected chi connectivity index (χ1v) is 13.2. The SMILES string of the molecule is CC(C)NC(=O)c1ccc(CCCC(C)NCC(O)c2ccccc2C(C)C)cc1C(=O)NC(C)C. The summed E-state index contributed by atoms with van der Waals surface area (Å²) in [5.74, 6) is -0.101. The first kappa shape index (κ1) is 29.5. The van der Waals surface area contributed by atoms with E-state index in [2.05, 4.69) is 42.8 Å². The molecule has 0 bridgehead atoms. The van der Waals surface area contributed by atoms with Gasteiger partial charge in [-0.25, -0.2) is 0 Å². The zero-order valence-electron chi connectivity index (χ0n) is 23.0. The molecular formula is C30H45N3O3. The number of rotatable bonds is 13. The van der Waals surface area contributed by atoms with Crippen LogP contribution in [0.3, 0.4) is 0 Å². The van der Waals surface area contributed by atoms with E-state index in [4.69, 9.17) is 0 Å². The number of aliphatic hydroxyl groups is 1. The number of aliphatic hydroxyl groups excluding tert-OH is 1. The summed E-state index contributed by atoms with van der Waals surface area (Å²) < 4.78 is 0. The summed E-state index contributed by atoms with van der Waals surface area (Å²) in [7, 11) is 0. The fraction of sp³-hybridized carbons (Fsp3) is 0.533. The molecule has 2 aromatic carbocycles. The van der Waals surface area contributed by atoms with Gasteiger partial charge in [0.2, 0.25) is 0 Å². The molecule has 2 aromatic rings. The van der Waals surface area contributed by atoms with Crippen molar-refractivity contribution in [3.63, 3.8) is 0 Å². The molecule has 0 aromatic heterocycles. The Morgan fingerprint density at radius 2 is 1.39 bits per heavy atom. The standard InChI is InChI=1S/C30H45N3O3/c1-19(2)24-13-8-9-14-25(24)28(34)18-31-22(7)11-10-12-23-15-16-26(29(35)32-20(3)4)27(17-23)30(36)33-21(5)6/h8-9,13-17,19-22,28,31,34H,10-12,18H2,1-7H3,(H,32,35)(H,33,36). The van der Waals surface area contributed by atoms with Crippen LogP contribution in [0.2, 0.25) is 0 Å². The molecule has 0 aliphatic heterocycles. The quantitative estimate of drug-likeness (QED) is 0.310. The Morgan fingerprint density at radius 3 is 1.97 bits per heavy atom. The lowest BCUT2D eigenvalue weighted by atomic mass is 9.94. The molecule has 0 aliphatic rings. The second kappa shape index (κ2) is 14.1. The van der Waals surface area contributed by atoms with Crippen LogP contribution < -0.4 is 16.0 Å².